The van der Waals surface area contributed by atoms with Crippen LogP contribution in [-0.4, -0.2) is 29.3 Å². The number of hydrogen-bond donors (Lipinski definition) is 1. The van der Waals surface area contributed by atoms with Gasteiger partial charge in [-0.25, -0.2) is 4.79 Å². The van der Waals surface area contributed by atoms with Gasteiger partial charge in [-0.2, -0.15) is 0 Å². The Bertz CT molecular complexity index is 635. The topological polar surface area (TPSA) is 48.2 Å². The van der Waals surface area contributed by atoms with Gasteiger partial charge in [-0.3, -0.25) is 9.13 Å². The first-order chi connectivity index (χ1) is 8.74. The lowest BCUT2D eigenvalue weighted by molar-refractivity contribution is 0.418. The molecule has 1 aromatic carbocycles. The molecule has 96 valence electrons. The summed E-state index contributed by atoms with van der Waals surface area (Å²) in [7, 11) is 3.43. The van der Waals surface area contributed by atoms with Crippen LogP contribution in [0, 0.1) is 0 Å². The predicted molar refractivity (Wildman–Crippen MR) is 70.3 cm³/mol. The lowest BCUT2D eigenvalue weighted by Crippen LogP contribution is -2.27. The first-order valence-corrected chi connectivity index (χ1v) is 6.18. The van der Waals surface area contributed by atoms with Crippen LogP contribution in [-0.2, 0) is 7.05 Å². The highest BCUT2D eigenvalue weighted by molar-refractivity contribution is 5.82. The monoisotopic (exact) mass is 247 g/mol. The van der Waals surface area contributed by atoms with Crippen molar-refractivity contribution in [2.45, 2.75) is 12.5 Å². The molecule has 2 heterocycles. The zero-order valence-corrected chi connectivity index (χ0v) is 10.6. The second-order valence-corrected chi connectivity index (χ2v) is 4.69. The molecule has 1 saturated heterocycles. The molecule has 1 aliphatic heterocycles. The molecule has 0 spiro atoms. The first-order valence-electron chi connectivity index (χ1n) is 6.18. The normalized spacial score (nSPS) is 19.6. The summed E-state index contributed by atoms with van der Waals surface area (Å²) in [6, 6.07) is 6.05. The summed E-state index contributed by atoms with van der Waals surface area (Å²) in [4.78, 5) is 12.4. The molecule has 1 atom stereocenters. The second-order valence-electron chi connectivity index (χ2n) is 4.69. The SMILES string of the molecule is COc1cccc2c1n(C)c(=O)n2C1CCNC1. The van der Waals surface area contributed by atoms with Gasteiger partial charge in [0.25, 0.3) is 0 Å². The minimum atomic E-state index is 0.0307. The van der Waals surface area contributed by atoms with Crippen LogP contribution in [0.4, 0.5) is 0 Å². The molecule has 1 aliphatic rings. The van der Waals surface area contributed by atoms with Crippen molar-refractivity contribution in [3.8, 4) is 5.75 Å². The van der Waals surface area contributed by atoms with Crippen LogP contribution in [0.2, 0.25) is 0 Å². The number of nitrogens with zero attached hydrogens (tertiary/aromatic N) is 2. The maximum atomic E-state index is 12.4. The smallest absolute Gasteiger partial charge is 0.329 e. The van der Waals surface area contributed by atoms with E-state index in [1.807, 2.05) is 22.8 Å². The van der Waals surface area contributed by atoms with Crippen LogP contribution < -0.4 is 15.7 Å². The predicted octanol–water partition coefficient (Wildman–Crippen LogP) is 0.883. The van der Waals surface area contributed by atoms with Crippen LogP contribution in [0.5, 0.6) is 5.75 Å². The Kier molecular flexibility index (Phi) is 2.63. The molecule has 1 aromatic heterocycles. The van der Waals surface area contributed by atoms with Gasteiger partial charge in [0.2, 0.25) is 0 Å². The molecule has 0 saturated carbocycles. The zero-order chi connectivity index (χ0) is 12.7. The number of benzene rings is 1. The first kappa shape index (κ1) is 11.3. The Morgan fingerprint density at radius 3 is 2.94 bits per heavy atom. The highest BCUT2D eigenvalue weighted by Gasteiger charge is 2.23. The fraction of sp³-hybridized carbons (Fsp3) is 0.462. The molecular weight excluding hydrogens is 230 g/mol. The van der Waals surface area contributed by atoms with Gasteiger partial charge in [-0.1, -0.05) is 6.07 Å². The summed E-state index contributed by atoms with van der Waals surface area (Å²) in [5.74, 6) is 0.747. The third-order valence-electron chi connectivity index (χ3n) is 3.69. The number of hydrogen-bond acceptors (Lipinski definition) is 3. The maximum absolute atomic E-state index is 12.4. The molecule has 1 fully saturated rings. The Morgan fingerprint density at radius 1 is 1.44 bits per heavy atom. The summed E-state index contributed by atoms with van der Waals surface area (Å²) in [6.07, 6.45) is 0.996. The molecule has 5 nitrogen and oxygen atoms in total. The summed E-state index contributed by atoms with van der Waals surface area (Å²) in [5.41, 5.74) is 1.86. The van der Waals surface area contributed by atoms with Crippen LogP contribution in [0.25, 0.3) is 11.0 Å². The molecule has 1 N–H and O–H groups in total. The molecule has 3 rings (SSSR count). The van der Waals surface area contributed by atoms with Crippen molar-refractivity contribution in [2.75, 3.05) is 20.2 Å². The van der Waals surface area contributed by atoms with Crippen LogP contribution >= 0.6 is 0 Å². The lowest BCUT2D eigenvalue weighted by Gasteiger charge is -2.10. The summed E-state index contributed by atoms with van der Waals surface area (Å²) < 4.78 is 8.91. The van der Waals surface area contributed by atoms with E-state index in [1.54, 1.807) is 18.7 Å². The fourth-order valence-electron chi connectivity index (χ4n) is 2.78. The summed E-state index contributed by atoms with van der Waals surface area (Å²) >= 11 is 0. The number of ether oxygens (including phenoxy) is 1. The van der Waals surface area contributed by atoms with Gasteiger partial charge in [-0.15, -0.1) is 0 Å². The Morgan fingerprint density at radius 2 is 2.28 bits per heavy atom. The van der Waals surface area contributed by atoms with E-state index < -0.39 is 0 Å². The number of aromatic nitrogens is 2. The van der Waals surface area contributed by atoms with Gasteiger partial charge in [0.1, 0.15) is 11.3 Å². The molecule has 1 unspecified atom stereocenters. The number of imidazole rings is 1. The molecule has 5 heteroatoms. The van der Waals surface area contributed by atoms with Crippen molar-refractivity contribution in [3.63, 3.8) is 0 Å². The van der Waals surface area contributed by atoms with E-state index >= 15 is 0 Å². The van der Waals surface area contributed by atoms with E-state index in [0.29, 0.717) is 0 Å². The van der Waals surface area contributed by atoms with E-state index in [-0.39, 0.29) is 11.7 Å². The van der Waals surface area contributed by atoms with Crippen molar-refractivity contribution < 1.29 is 4.74 Å². The highest BCUT2D eigenvalue weighted by Crippen LogP contribution is 2.27. The number of nitrogens with one attached hydrogen (secondary N) is 1. The van der Waals surface area contributed by atoms with Gasteiger partial charge >= 0.3 is 5.69 Å². The van der Waals surface area contributed by atoms with Gasteiger partial charge in [0.05, 0.1) is 18.7 Å². The average Bonchev–Trinajstić information content (AvgIpc) is 2.98. The molecular formula is C13H17N3O2. The van der Waals surface area contributed by atoms with Crippen molar-refractivity contribution in [3.05, 3.63) is 28.7 Å². The number of methoxy groups -OCH3 is 1. The number of aryl methyl sites for hydroxylation is 1. The number of fused-ring (bicyclic) bond motifs is 1. The lowest BCUT2D eigenvalue weighted by atomic mass is 10.2. The Labute approximate surface area is 105 Å². The summed E-state index contributed by atoms with van der Waals surface area (Å²) in [6.45, 7) is 1.83. The third-order valence-corrected chi connectivity index (χ3v) is 3.69. The van der Waals surface area contributed by atoms with Crippen molar-refractivity contribution in [1.29, 1.82) is 0 Å². The van der Waals surface area contributed by atoms with Crippen LogP contribution in [0.3, 0.4) is 0 Å². The minimum absolute atomic E-state index is 0.0307. The Balaban J connectivity index is 2.32. The van der Waals surface area contributed by atoms with E-state index in [1.165, 1.54) is 0 Å². The average molecular weight is 247 g/mol. The minimum Gasteiger partial charge on any atom is -0.494 e. The van der Waals surface area contributed by atoms with Crippen molar-refractivity contribution in [1.82, 2.24) is 14.5 Å². The van der Waals surface area contributed by atoms with Crippen LogP contribution in [0.15, 0.2) is 23.0 Å². The van der Waals surface area contributed by atoms with Crippen molar-refractivity contribution >= 4 is 11.0 Å². The number of rotatable bonds is 2. The van der Waals surface area contributed by atoms with E-state index in [4.69, 9.17) is 4.74 Å². The molecule has 2 aromatic rings. The fourth-order valence-corrected chi connectivity index (χ4v) is 2.78. The van der Waals surface area contributed by atoms with E-state index in [2.05, 4.69) is 5.32 Å². The molecule has 0 amide bonds. The largest absolute Gasteiger partial charge is 0.494 e. The molecule has 0 bridgehead atoms. The Hall–Kier alpha value is -1.75. The second kappa shape index (κ2) is 4.17. The van der Waals surface area contributed by atoms with E-state index in [9.17, 15) is 4.79 Å². The molecule has 0 aliphatic carbocycles. The highest BCUT2D eigenvalue weighted by atomic mass is 16.5. The standard InChI is InChI=1S/C13H17N3O2/c1-15-12-10(4-3-5-11(12)18-2)16(13(15)17)9-6-7-14-8-9/h3-5,9,14H,6-8H2,1-2H3. The van der Waals surface area contributed by atoms with Gasteiger partial charge in [0.15, 0.2) is 0 Å². The molecule has 18 heavy (non-hydrogen) atoms. The van der Waals surface area contributed by atoms with Gasteiger partial charge < -0.3 is 10.1 Å². The zero-order valence-electron chi connectivity index (χ0n) is 10.6. The number of para-hydroxylation sites is 1. The van der Waals surface area contributed by atoms with Crippen LogP contribution in [0.1, 0.15) is 12.5 Å². The quantitative estimate of drug-likeness (QED) is 0.857. The third kappa shape index (κ3) is 1.47. The van der Waals surface area contributed by atoms with Crippen molar-refractivity contribution in [2.24, 2.45) is 7.05 Å². The summed E-state index contributed by atoms with van der Waals surface area (Å²) in [5, 5.41) is 3.30. The van der Waals surface area contributed by atoms with E-state index in [0.717, 1.165) is 36.3 Å². The molecule has 0 radical (unpaired) electrons. The van der Waals surface area contributed by atoms with Gasteiger partial charge in [0, 0.05) is 13.6 Å². The maximum Gasteiger partial charge on any atom is 0.329 e. The van der Waals surface area contributed by atoms with Gasteiger partial charge in [-0.05, 0) is 25.1 Å².